The highest BCUT2D eigenvalue weighted by molar-refractivity contribution is 7.89. The Hall–Kier alpha value is -1.77. The van der Waals surface area contributed by atoms with Gasteiger partial charge in [-0.2, -0.15) is 4.31 Å². The summed E-state index contributed by atoms with van der Waals surface area (Å²) in [6.45, 7) is 7.59. The molecule has 0 bridgehead atoms. The first-order valence-corrected chi connectivity index (χ1v) is 12.0. The largest absolute Gasteiger partial charge is 0.338 e. The number of amides is 1. The van der Waals surface area contributed by atoms with Crippen LogP contribution in [0.4, 0.5) is 0 Å². The Bertz CT molecular complexity index is 922. The van der Waals surface area contributed by atoms with E-state index in [1.165, 1.54) is 4.31 Å². The minimum Gasteiger partial charge on any atom is -0.338 e. The summed E-state index contributed by atoms with van der Waals surface area (Å²) in [5, 5.41) is 3.02. The van der Waals surface area contributed by atoms with Gasteiger partial charge in [-0.15, -0.1) is 11.3 Å². The van der Waals surface area contributed by atoms with Crippen LogP contribution in [0.1, 0.15) is 53.5 Å². The van der Waals surface area contributed by atoms with Crippen LogP contribution >= 0.6 is 11.3 Å². The van der Waals surface area contributed by atoms with Crippen LogP contribution in [0, 0.1) is 6.92 Å². The van der Waals surface area contributed by atoms with Gasteiger partial charge < -0.3 is 4.90 Å². The number of carbonyl (C=O) groups excluding carboxylic acids is 1. The van der Waals surface area contributed by atoms with E-state index in [9.17, 15) is 13.2 Å². The fourth-order valence-electron chi connectivity index (χ4n) is 3.67. The number of aromatic nitrogens is 1. The molecule has 152 valence electrons. The van der Waals surface area contributed by atoms with Gasteiger partial charge in [0.05, 0.1) is 9.90 Å². The van der Waals surface area contributed by atoms with Crippen molar-refractivity contribution in [1.82, 2.24) is 14.2 Å². The lowest BCUT2D eigenvalue weighted by Gasteiger charge is -2.32. The van der Waals surface area contributed by atoms with E-state index >= 15 is 0 Å². The molecule has 1 saturated heterocycles. The van der Waals surface area contributed by atoms with Crippen molar-refractivity contribution in [3.63, 3.8) is 0 Å². The van der Waals surface area contributed by atoms with Crippen LogP contribution in [0.2, 0.25) is 0 Å². The summed E-state index contributed by atoms with van der Waals surface area (Å²) in [7, 11) is -3.60. The van der Waals surface area contributed by atoms with Crippen molar-refractivity contribution in [2.24, 2.45) is 0 Å². The van der Waals surface area contributed by atoms with Crippen molar-refractivity contribution in [2.75, 3.05) is 26.2 Å². The van der Waals surface area contributed by atoms with Crippen LogP contribution in [0.3, 0.4) is 0 Å². The highest BCUT2D eigenvalue weighted by Crippen LogP contribution is 2.30. The first-order valence-electron chi connectivity index (χ1n) is 9.68. The number of benzene rings is 1. The molecule has 1 aromatic carbocycles. The maximum Gasteiger partial charge on any atom is 0.254 e. The lowest BCUT2D eigenvalue weighted by Crippen LogP contribution is -2.39. The second-order valence-electron chi connectivity index (χ2n) is 7.03. The zero-order valence-corrected chi connectivity index (χ0v) is 18.2. The fraction of sp³-hybridized carbons (Fsp3) is 0.500. The Balaban J connectivity index is 1.87. The van der Waals surface area contributed by atoms with Crippen molar-refractivity contribution < 1.29 is 13.2 Å². The third-order valence-electron chi connectivity index (χ3n) is 5.29. The molecule has 1 unspecified atom stereocenters. The summed E-state index contributed by atoms with van der Waals surface area (Å²) < 4.78 is 27.1. The summed E-state index contributed by atoms with van der Waals surface area (Å²) in [4.78, 5) is 19.6. The quantitative estimate of drug-likeness (QED) is 0.716. The van der Waals surface area contributed by atoms with Gasteiger partial charge in [-0.05, 0) is 37.5 Å². The van der Waals surface area contributed by atoms with Crippen molar-refractivity contribution in [3.05, 3.63) is 45.9 Å². The molecule has 0 saturated carbocycles. The third kappa shape index (κ3) is 4.14. The van der Waals surface area contributed by atoms with Gasteiger partial charge in [0, 0.05) is 49.2 Å². The van der Waals surface area contributed by atoms with E-state index in [4.69, 9.17) is 0 Å². The molecule has 2 aromatic rings. The predicted molar refractivity (Wildman–Crippen MR) is 111 cm³/mol. The van der Waals surface area contributed by atoms with Gasteiger partial charge in [0.2, 0.25) is 10.0 Å². The minimum atomic E-state index is -3.60. The van der Waals surface area contributed by atoms with Crippen molar-refractivity contribution >= 4 is 27.3 Å². The average molecular weight is 422 g/mol. The van der Waals surface area contributed by atoms with Crippen LogP contribution in [0.25, 0.3) is 0 Å². The number of likely N-dealkylation sites (tertiary alicyclic amines) is 1. The first-order chi connectivity index (χ1) is 13.4. The van der Waals surface area contributed by atoms with E-state index in [-0.39, 0.29) is 16.7 Å². The molecule has 6 nitrogen and oxygen atoms in total. The Kier molecular flexibility index (Phi) is 6.52. The van der Waals surface area contributed by atoms with Crippen LogP contribution < -0.4 is 0 Å². The Labute approximate surface area is 171 Å². The van der Waals surface area contributed by atoms with Gasteiger partial charge >= 0.3 is 0 Å². The molecular weight excluding hydrogens is 394 g/mol. The van der Waals surface area contributed by atoms with Crippen LogP contribution in [-0.2, 0) is 10.0 Å². The van der Waals surface area contributed by atoms with E-state index in [0.29, 0.717) is 31.7 Å². The lowest BCUT2D eigenvalue weighted by atomic mass is 9.97. The van der Waals surface area contributed by atoms with Gasteiger partial charge in [-0.3, -0.25) is 4.79 Å². The monoisotopic (exact) mass is 421 g/mol. The molecule has 8 heteroatoms. The smallest absolute Gasteiger partial charge is 0.254 e. The number of piperidine rings is 1. The molecule has 1 atom stereocenters. The van der Waals surface area contributed by atoms with Crippen molar-refractivity contribution in [2.45, 2.75) is 44.4 Å². The van der Waals surface area contributed by atoms with Crippen LogP contribution in [0.15, 0.2) is 34.7 Å². The number of hydrogen-bond donors (Lipinski definition) is 0. The topological polar surface area (TPSA) is 70.6 Å². The third-order valence-corrected chi connectivity index (χ3v) is 8.28. The molecule has 0 aliphatic carbocycles. The molecule has 1 aromatic heterocycles. The van der Waals surface area contributed by atoms with Crippen LogP contribution in [0.5, 0.6) is 0 Å². The summed E-state index contributed by atoms with van der Waals surface area (Å²) in [6, 6.07) is 4.86. The van der Waals surface area contributed by atoms with E-state index in [1.807, 2.05) is 31.1 Å². The van der Waals surface area contributed by atoms with E-state index < -0.39 is 10.0 Å². The number of aryl methyl sites for hydroxylation is 1. The summed E-state index contributed by atoms with van der Waals surface area (Å²) >= 11 is 1.62. The number of sulfonamides is 1. The zero-order chi connectivity index (χ0) is 20.3. The Morgan fingerprint density at radius 1 is 1.32 bits per heavy atom. The summed E-state index contributed by atoms with van der Waals surface area (Å²) in [6.07, 6.45) is 3.74. The molecule has 0 spiro atoms. The standard InChI is InChI=1S/C20H27N3O3S2/c1-4-23(5-2)28(25,26)17-9-8-15(3)18(13-17)20(24)22-11-6-7-16(14-22)19-21-10-12-27-19/h8-10,12-13,16H,4-7,11,14H2,1-3H3. The van der Waals surface area contributed by atoms with Gasteiger partial charge in [0.25, 0.3) is 5.91 Å². The van der Waals surface area contributed by atoms with Crippen LogP contribution in [-0.4, -0.2) is 54.7 Å². The Morgan fingerprint density at radius 2 is 2.07 bits per heavy atom. The molecule has 2 heterocycles. The predicted octanol–water partition coefficient (Wildman–Crippen LogP) is 3.50. The van der Waals surface area contributed by atoms with Gasteiger partial charge in [-0.25, -0.2) is 13.4 Å². The molecule has 1 aliphatic rings. The van der Waals surface area contributed by atoms with Gasteiger partial charge in [0.1, 0.15) is 0 Å². The maximum atomic E-state index is 13.2. The van der Waals surface area contributed by atoms with Gasteiger partial charge in [-0.1, -0.05) is 19.9 Å². The zero-order valence-electron chi connectivity index (χ0n) is 16.6. The highest BCUT2D eigenvalue weighted by atomic mass is 32.2. The number of thiazole rings is 1. The molecule has 1 aliphatic heterocycles. The summed E-state index contributed by atoms with van der Waals surface area (Å²) in [5.41, 5.74) is 1.26. The normalized spacial score (nSPS) is 17.9. The minimum absolute atomic E-state index is 0.102. The molecule has 28 heavy (non-hydrogen) atoms. The SMILES string of the molecule is CCN(CC)S(=O)(=O)c1ccc(C)c(C(=O)N2CCCC(c3nccs3)C2)c1. The maximum absolute atomic E-state index is 13.2. The first kappa shape index (κ1) is 21.0. The number of carbonyl (C=O) groups is 1. The van der Waals surface area contributed by atoms with E-state index in [1.54, 1.807) is 35.7 Å². The molecule has 0 N–H and O–H groups in total. The number of nitrogens with zero attached hydrogens (tertiary/aromatic N) is 3. The fourth-order valence-corrected chi connectivity index (χ4v) is 5.93. The second-order valence-corrected chi connectivity index (χ2v) is 9.89. The van der Waals surface area contributed by atoms with Crippen molar-refractivity contribution in [1.29, 1.82) is 0 Å². The highest BCUT2D eigenvalue weighted by Gasteiger charge is 2.29. The number of rotatable bonds is 6. The Morgan fingerprint density at radius 3 is 2.71 bits per heavy atom. The molecule has 1 fully saturated rings. The summed E-state index contributed by atoms with van der Waals surface area (Å²) in [5.74, 6) is 0.149. The molecule has 1 amide bonds. The van der Waals surface area contributed by atoms with Gasteiger partial charge in [0.15, 0.2) is 0 Å². The molecule has 0 radical (unpaired) electrons. The average Bonchev–Trinajstić information content (AvgIpc) is 3.23. The lowest BCUT2D eigenvalue weighted by molar-refractivity contribution is 0.0706. The second kappa shape index (κ2) is 8.71. The van der Waals surface area contributed by atoms with E-state index in [0.717, 1.165) is 23.4 Å². The molecule has 3 rings (SSSR count). The van der Waals surface area contributed by atoms with Crippen molar-refractivity contribution in [3.8, 4) is 0 Å². The molecular formula is C20H27N3O3S2. The van der Waals surface area contributed by atoms with E-state index in [2.05, 4.69) is 4.98 Å². The number of hydrogen-bond acceptors (Lipinski definition) is 5.